The predicted octanol–water partition coefficient (Wildman–Crippen LogP) is 3.57. The number of alkyl halides is 1. The van der Waals surface area contributed by atoms with E-state index in [2.05, 4.69) is 5.10 Å². The fourth-order valence-electron chi connectivity index (χ4n) is 1.75. The molecule has 0 N–H and O–H groups in total. The molecule has 0 aliphatic carbocycles. The van der Waals surface area contributed by atoms with Crippen molar-refractivity contribution in [2.75, 3.05) is 0 Å². The highest BCUT2D eigenvalue weighted by molar-refractivity contribution is 6.17. The number of rotatable bonds is 3. The minimum absolute atomic E-state index is 0.404. The van der Waals surface area contributed by atoms with Gasteiger partial charge in [0.2, 0.25) is 5.88 Å². The van der Waals surface area contributed by atoms with Crippen molar-refractivity contribution in [3.63, 3.8) is 0 Å². The Kier molecular flexibility index (Phi) is 3.38. The second kappa shape index (κ2) is 4.80. The van der Waals surface area contributed by atoms with Crippen LogP contribution in [0.4, 0.5) is 0 Å². The lowest BCUT2D eigenvalue weighted by molar-refractivity contribution is 0.427. The van der Waals surface area contributed by atoms with Crippen molar-refractivity contribution >= 4 is 11.6 Å². The molecule has 2 aromatic rings. The summed E-state index contributed by atoms with van der Waals surface area (Å²) in [6.07, 6.45) is 0. The first-order valence-electron chi connectivity index (χ1n) is 5.44. The Morgan fingerprint density at radius 2 is 2.12 bits per heavy atom. The molecule has 17 heavy (non-hydrogen) atoms. The molecule has 1 heterocycles. The summed E-state index contributed by atoms with van der Waals surface area (Å²) in [5.74, 6) is 1.92. The molecule has 1 aromatic carbocycles. The molecule has 0 aliphatic heterocycles. The third-order valence-electron chi connectivity index (χ3n) is 2.63. The topological polar surface area (TPSA) is 27.1 Å². The standard InChI is InChI=1S/C13H15ClN2O/c1-9-5-4-6-11(7-9)17-13-12(8-14)10(2)15-16(13)3/h4-7H,8H2,1-3H3. The van der Waals surface area contributed by atoms with Gasteiger partial charge in [0.1, 0.15) is 5.75 Å². The van der Waals surface area contributed by atoms with Crippen LogP contribution in [0.15, 0.2) is 24.3 Å². The van der Waals surface area contributed by atoms with Gasteiger partial charge in [-0.25, -0.2) is 4.68 Å². The van der Waals surface area contributed by atoms with Gasteiger partial charge in [0.15, 0.2) is 0 Å². The van der Waals surface area contributed by atoms with Gasteiger partial charge in [-0.15, -0.1) is 11.6 Å². The van der Waals surface area contributed by atoms with Crippen LogP contribution in [0, 0.1) is 13.8 Å². The Balaban J connectivity index is 2.36. The maximum absolute atomic E-state index is 5.91. The molecule has 0 spiro atoms. The molecular formula is C13H15ClN2O. The minimum atomic E-state index is 0.404. The highest BCUT2D eigenvalue weighted by Gasteiger charge is 2.14. The molecule has 0 radical (unpaired) electrons. The molecule has 2 rings (SSSR count). The van der Waals surface area contributed by atoms with E-state index in [0.29, 0.717) is 11.8 Å². The fraction of sp³-hybridized carbons (Fsp3) is 0.308. The minimum Gasteiger partial charge on any atom is -0.439 e. The summed E-state index contributed by atoms with van der Waals surface area (Å²) in [5, 5.41) is 4.31. The van der Waals surface area contributed by atoms with Crippen molar-refractivity contribution in [3.8, 4) is 11.6 Å². The van der Waals surface area contributed by atoms with Crippen LogP contribution in [0.1, 0.15) is 16.8 Å². The SMILES string of the molecule is Cc1cccc(Oc2c(CCl)c(C)nn2C)c1. The first kappa shape index (κ1) is 12.0. The van der Waals surface area contributed by atoms with E-state index >= 15 is 0 Å². The van der Waals surface area contributed by atoms with Crippen molar-refractivity contribution in [1.29, 1.82) is 0 Å². The Morgan fingerprint density at radius 3 is 2.76 bits per heavy atom. The zero-order valence-electron chi connectivity index (χ0n) is 10.2. The van der Waals surface area contributed by atoms with E-state index in [1.807, 2.05) is 45.2 Å². The number of nitrogens with zero attached hydrogens (tertiary/aromatic N) is 2. The van der Waals surface area contributed by atoms with E-state index in [1.165, 1.54) is 0 Å². The average Bonchev–Trinajstić information content (AvgIpc) is 2.53. The van der Waals surface area contributed by atoms with Crippen LogP contribution in [0.3, 0.4) is 0 Å². The van der Waals surface area contributed by atoms with Gasteiger partial charge in [-0.05, 0) is 31.5 Å². The van der Waals surface area contributed by atoms with Crippen LogP contribution in [0.25, 0.3) is 0 Å². The third-order valence-corrected chi connectivity index (χ3v) is 2.89. The van der Waals surface area contributed by atoms with E-state index in [0.717, 1.165) is 22.6 Å². The van der Waals surface area contributed by atoms with Gasteiger partial charge >= 0.3 is 0 Å². The molecule has 3 nitrogen and oxygen atoms in total. The summed E-state index contributed by atoms with van der Waals surface area (Å²) in [7, 11) is 1.86. The smallest absolute Gasteiger partial charge is 0.222 e. The molecule has 0 fully saturated rings. The monoisotopic (exact) mass is 250 g/mol. The second-order valence-electron chi connectivity index (χ2n) is 4.04. The highest BCUT2D eigenvalue weighted by atomic mass is 35.5. The fourth-order valence-corrected chi connectivity index (χ4v) is 2.06. The number of ether oxygens (including phenoxy) is 1. The van der Waals surface area contributed by atoms with E-state index in [9.17, 15) is 0 Å². The third kappa shape index (κ3) is 2.44. The van der Waals surface area contributed by atoms with Crippen LogP contribution in [-0.4, -0.2) is 9.78 Å². The predicted molar refractivity (Wildman–Crippen MR) is 68.8 cm³/mol. The lowest BCUT2D eigenvalue weighted by Crippen LogP contribution is -1.96. The molecule has 0 atom stereocenters. The quantitative estimate of drug-likeness (QED) is 0.779. The van der Waals surface area contributed by atoms with Crippen molar-refractivity contribution in [3.05, 3.63) is 41.1 Å². The average molecular weight is 251 g/mol. The van der Waals surface area contributed by atoms with E-state index in [4.69, 9.17) is 16.3 Å². The number of aryl methyl sites for hydroxylation is 3. The Hall–Kier alpha value is -1.48. The maximum Gasteiger partial charge on any atom is 0.222 e. The molecule has 0 bridgehead atoms. The molecule has 0 aliphatic rings. The number of benzene rings is 1. The molecule has 4 heteroatoms. The summed E-state index contributed by atoms with van der Waals surface area (Å²) in [6, 6.07) is 7.91. The van der Waals surface area contributed by atoms with Gasteiger partial charge in [0.25, 0.3) is 0 Å². The van der Waals surface area contributed by atoms with Crippen LogP contribution in [0.2, 0.25) is 0 Å². The van der Waals surface area contributed by atoms with E-state index < -0.39 is 0 Å². The summed E-state index contributed by atoms with van der Waals surface area (Å²) in [5.41, 5.74) is 3.01. The first-order valence-corrected chi connectivity index (χ1v) is 5.98. The molecule has 0 saturated heterocycles. The molecule has 0 unspecified atom stereocenters. The summed E-state index contributed by atoms with van der Waals surface area (Å²) in [4.78, 5) is 0. The molecule has 90 valence electrons. The normalized spacial score (nSPS) is 10.6. The van der Waals surface area contributed by atoms with Crippen molar-refractivity contribution < 1.29 is 4.74 Å². The largest absolute Gasteiger partial charge is 0.439 e. The lowest BCUT2D eigenvalue weighted by atomic mass is 10.2. The van der Waals surface area contributed by atoms with Crippen LogP contribution in [-0.2, 0) is 12.9 Å². The van der Waals surface area contributed by atoms with Gasteiger partial charge in [-0.1, -0.05) is 12.1 Å². The Labute approximate surface area is 106 Å². The van der Waals surface area contributed by atoms with E-state index in [1.54, 1.807) is 4.68 Å². The van der Waals surface area contributed by atoms with Gasteiger partial charge in [-0.2, -0.15) is 5.10 Å². The van der Waals surface area contributed by atoms with Crippen LogP contribution in [0.5, 0.6) is 11.6 Å². The Bertz CT molecular complexity index is 534. The van der Waals surface area contributed by atoms with E-state index in [-0.39, 0.29) is 0 Å². The molecular weight excluding hydrogens is 236 g/mol. The van der Waals surface area contributed by atoms with Crippen molar-refractivity contribution in [2.45, 2.75) is 19.7 Å². The first-order chi connectivity index (χ1) is 8.11. The van der Waals surface area contributed by atoms with Crippen molar-refractivity contribution in [2.24, 2.45) is 7.05 Å². The summed E-state index contributed by atoms with van der Waals surface area (Å²) in [6.45, 7) is 3.96. The van der Waals surface area contributed by atoms with Gasteiger partial charge < -0.3 is 4.74 Å². The zero-order valence-corrected chi connectivity index (χ0v) is 11.0. The number of hydrogen-bond donors (Lipinski definition) is 0. The zero-order chi connectivity index (χ0) is 12.4. The summed E-state index contributed by atoms with van der Waals surface area (Å²) >= 11 is 5.91. The molecule has 0 amide bonds. The second-order valence-corrected chi connectivity index (χ2v) is 4.31. The summed E-state index contributed by atoms with van der Waals surface area (Å²) < 4.78 is 7.57. The molecule has 0 saturated carbocycles. The van der Waals surface area contributed by atoms with Gasteiger partial charge in [0, 0.05) is 7.05 Å². The Morgan fingerprint density at radius 1 is 1.35 bits per heavy atom. The molecule has 1 aromatic heterocycles. The highest BCUT2D eigenvalue weighted by Crippen LogP contribution is 2.28. The van der Waals surface area contributed by atoms with Gasteiger partial charge in [-0.3, -0.25) is 0 Å². The lowest BCUT2D eigenvalue weighted by Gasteiger charge is -2.08. The number of hydrogen-bond acceptors (Lipinski definition) is 2. The van der Waals surface area contributed by atoms with Crippen LogP contribution >= 0.6 is 11.6 Å². The maximum atomic E-state index is 5.91. The number of halogens is 1. The van der Waals surface area contributed by atoms with Gasteiger partial charge in [0.05, 0.1) is 17.1 Å². The van der Waals surface area contributed by atoms with Crippen molar-refractivity contribution in [1.82, 2.24) is 9.78 Å². The van der Waals surface area contributed by atoms with Crippen LogP contribution < -0.4 is 4.74 Å². The number of aromatic nitrogens is 2.